The molecule has 1 aliphatic heterocycles. The number of hydrogen-bond acceptors (Lipinski definition) is 2. The minimum atomic E-state index is -2.33. The molecule has 1 heterocycles. The molecule has 0 amide bonds. The van der Waals surface area contributed by atoms with Crippen molar-refractivity contribution in [2.24, 2.45) is 0 Å². The Balaban J connectivity index is 0.870. The lowest BCUT2D eigenvalue weighted by atomic mass is 9.82. The third-order valence-electron chi connectivity index (χ3n) is 18.2. The Kier molecular flexibility index (Phi) is 10.5. The zero-order valence-corrected chi connectivity index (χ0v) is 46.6. The monoisotopic (exact) mass is 1030 g/mol. The highest BCUT2D eigenvalue weighted by molar-refractivity contribution is 7.03. The number of nitrogens with zero attached hydrogens (tertiary/aromatic N) is 2. The molecule has 0 fully saturated rings. The van der Waals surface area contributed by atoms with Crippen molar-refractivity contribution in [2.45, 2.75) is 51.6 Å². The Hall–Kier alpha value is -9.02. The van der Waals surface area contributed by atoms with Crippen molar-refractivity contribution in [1.82, 2.24) is 0 Å². The molecule has 12 aromatic rings. The van der Waals surface area contributed by atoms with Gasteiger partial charge in [-0.25, -0.2) is 0 Å². The molecule has 2 nitrogen and oxygen atoms in total. The van der Waals surface area contributed by atoms with Crippen LogP contribution in [0.1, 0.15) is 49.9 Å². The van der Waals surface area contributed by atoms with Gasteiger partial charge in [0.05, 0.1) is 0 Å². The Labute approximate surface area is 465 Å². The van der Waals surface area contributed by atoms with Gasteiger partial charge in [-0.15, -0.1) is 0 Å². The van der Waals surface area contributed by atoms with Gasteiger partial charge in [-0.3, -0.25) is 0 Å². The number of anilines is 6. The second kappa shape index (κ2) is 17.5. The van der Waals surface area contributed by atoms with Gasteiger partial charge in [0, 0.05) is 45.0 Å². The summed E-state index contributed by atoms with van der Waals surface area (Å²) in [5.74, 6) is 0. The molecule has 378 valence electrons. The average molecular weight is 1030 g/mol. The van der Waals surface area contributed by atoms with Crippen LogP contribution in [0.15, 0.2) is 255 Å². The average Bonchev–Trinajstić information content (AvgIpc) is 3.98. The van der Waals surface area contributed by atoms with Gasteiger partial charge in [0.2, 0.25) is 0 Å². The lowest BCUT2D eigenvalue weighted by Gasteiger charge is -2.36. The highest BCUT2D eigenvalue weighted by Crippen LogP contribution is 2.53. The van der Waals surface area contributed by atoms with Crippen LogP contribution in [0.5, 0.6) is 0 Å². The Morgan fingerprint density at radius 2 is 0.696 bits per heavy atom. The highest BCUT2D eigenvalue weighted by Gasteiger charge is 2.39. The zero-order valence-electron chi connectivity index (χ0n) is 45.6. The van der Waals surface area contributed by atoms with Crippen molar-refractivity contribution in [3.63, 3.8) is 0 Å². The summed E-state index contributed by atoms with van der Waals surface area (Å²) in [7, 11) is -2.33. The molecular formula is C76H60N2Si. The first-order valence-corrected chi connectivity index (χ1v) is 31.0. The Morgan fingerprint density at radius 1 is 0.278 bits per heavy atom. The first kappa shape index (κ1) is 47.2. The van der Waals surface area contributed by atoms with Gasteiger partial charge < -0.3 is 9.80 Å². The lowest BCUT2D eigenvalue weighted by Crippen LogP contribution is -2.56. The standard InChI is InChI=1S/C76H60N2Si/c1-75(2)68-25-15-13-22-60(68)62-41-38-57(46-70(62)75)77(54-33-28-51(29-34-54)49-18-9-7-10-19-49)56-37-32-53-44-67-64-43-40-59(48-73(64)79(5,6)72-27-17-24-65(74(67)72)66(53)45-56)78(55-35-30-52(31-36-55)50-20-11-8-12-21-50)58-39-42-63-61-23-14-16-26-69(61)76(3,4)71(63)47-58/h7-48H,1-6H3. The van der Waals surface area contributed by atoms with Crippen molar-refractivity contribution >= 4 is 74.1 Å². The van der Waals surface area contributed by atoms with E-state index in [1.165, 1.54) is 121 Å². The maximum absolute atomic E-state index is 2.57. The molecule has 3 heteroatoms. The second-order valence-electron chi connectivity index (χ2n) is 23.7. The van der Waals surface area contributed by atoms with Crippen LogP contribution < -0.4 is 20.2 Å². The molecule has 15 rings (SSSR count). The summed E-state index contributed by atoms with van der Waals surface area (Å²) >= 11 is 0. The van der Waals surface area contributed by atoms with Crippen molar-refractivity contribution in [3.8, 4) is 55.6 Å². The van der Waals surface area contributed by atoms with Crippen LogP contribution in [0.4, 0.5) is 34.1 Å². The normalized spacial score (nSPS) is 14.5. The van der Waals surface area contributed by atoms with Crippen molar-refractivity contribution in [2.75, 3.05) is 9.80 Å². The van der Waals surface area contributed by atoms with Gasteiger partial charge in [-0.1, -0.05) is 217 Å². The molecule has 12 aromatic carbocycles. The molecule has 0 saturated carbocycles. The molecule has 0 bridgehead atoms. The first-order valence-electron chi connectivity index (χ1n) is 28.0. The van der Waals surface area contributed by atoms with E-state index < -0.39 is 8.07 Å². The fourth-order valence-corrected chi connectivity index (χ4v) is 17.2. The molecular weight excluding hydrogens is 969 g/mol. The number of hydrogen-bond donors (Lipinski definition) is 0. The maximum atomic E-state index is 2.57. The van der Waals surface area contributed by atoms with Crippen LogP contribution in [0.3, 0.4) is 0 Å². The quantitative estimate of drug-likeness (QED) is 0.111. The minimum absolute atomic E-state index is 0.125. The molecule has 0 aromatic heterocycles. The molecule has 0 N–H and O–H groups in total. The Bertz CT molecular complexity index is 4440. The second-order valence-corrected chi connectivity index (χ2v) is 28.0. The van der Waals surface area contributed by atoms with Gasteiger partial charge in [-0.2, -0.15) is 0 Å². The predicted octanol–water partition coefficient (Wildman–Crippen LogP) is 19.7. The summed E-state index contributed by atoms with van der Waals surface area (Å²) in [6.45, 7) is 14.6. The smallest absolute Gasteiger partial charge is 0.113 e. The van der Waals surface area contributed by atoms with Gasteiger partial charge >= 0.3 is 0 Å². The lowest BCUT2D eigenvalue weighted by molar-refractivity contribution is 0.660. The molecule has 0 spiro atoms. The SMILES string of the molecule is CC1(C)c2ccccc2-c2ccc(N(c3ccc(-c4ccccc4)cc3)c3ccc4c(c3)[Si](C)(C)c3cccc5c3c-4cc3ccc(N(c4ccc(-c6ccccc6)cc4)c4ccc6c(c4)C(C)(C)c4ccccc4-6)cc35)cc21. The summed E-state index contributed by atoms with van der Waals surface area (Å²) in [4.78, 5) is 4.97. The summed E-state index contributed by atoms with van der Waals surface area (Å²) in [5.41, 5.74) is 25.0. The van der Waals surface area contributed by atoms with Gasteiger partial charge in [0.15, 0.2) is 0 Å². The highest BCUT2D eigenvalue weighted by atomic mass is 28.3. The summed E-state index contributed by atoms with van der Waals surface area (Å²) in [6, 6.07) is 96.0. The molecule has 0 unspecified atom stereocenters. The largest absolute Gasteiger partial charge is 0.310 e. The van der Waals surface area contributed by atoms with Crippen molar-refractivity contribution in [3.05, 3.63) is 277 Å². The molecule has 0 radical (unpaired) electrons. The summed E-state index contributed by atoms with van der Waals surface area (Å²) < 4.78 is 0. The molecule has 3 aliphatic rings. The predicted molar refractivity (Wildman–Crippen MR) is 339 cm³/mol. The van der Waals surface area contributed by atoms with Crippen LogP contribution in [-0.2, 0) is 10.8 Å². The van der Waals surface area contributed by atoms with Gasteiger partial charge in [0.1, 0.15) is 8.07 Å². The topological polar surface area (TPSA) is 6.48 Å². The zero-order chi connectivity index (χ0) is 53.4. The third-order valence-corrected chi connectivity index (χ3v) is 21.8. The van der Waals surface area contributed by atoms with Crippen LogP contribution in [0.2, 0.25) is 13.1 Å². The van der Waals surface area contributed by atoms with Crippen LogP contribution >= 0.6 is 0 Å². The number of rotatable bonds is 8. The molecule has 2 aliphatic carbocycles. The Morgan fingerprint density at radius 3 is 1.23 bits per heavy atom. The van der Waals surface area contributed by atoms with E-state index in [9.17, 15) is 0 Å². The van der Waals surface area contributed by atoms with Crippen LogP contribution in [0, 0.1) is 0 Å². The van der Waals surface area contributed by atoms with Crippen LogP contribution in [-0.4, -0.2) is 8.07 Å². The van der Waals surface area contributed by atoms with Gasteiger partial charge in [0.25, 0.3) is 0 Å². The third kappa shape index (κ3) is 7.22. The van der Waals surface area contributed by atoms with E-state index in [2.05, 4.69) is 305 Å². The summed E-state index contributed by atoms with van der Waals surface area (Å²) in [5, 5.41) is 8.18. The van der Waals surface area contributed by atoms with E-state index in [1.54, 1.807) is 0 Å². The van der Waals surface area contributed by atoms with E-state index in [-0.39, 0.29) is 10.8 Å². The van der Waals surface area contributed by atoms with E-state index in [0.29, 0.717) is 0 Å². The fourth-order valence-electron chi connectivity index (χ4n) is 14.1. The molecule has 0 saturated heterocycles. The molecule has 0 atom stereocenters. The fraction of sp³-hybridized carbons (Fsp3) is 0.105. The first-order chi connectivity index (χ1) is 38.4. The van der Waals surface area contributed by atoms with Crippen LogP contribution in [0.25, 0.3) is 77.2 Å². The van der Waals surface area contributed by atoms with E-state index in [4.69, 9.17) is 0 Å². The van der Waals surface area contributed by atoms with Crippen molar-refractivity contribution < 1.29 is 0 Å². The van der Waals surface area contributed by atoms with Crippen molar-refractivity contribution in [1.29, 1.82) is 0 Å². The summed E-state index contributed by atoms with van der Waals surface area (Å²) in [6.07, 6.45) is 0. The maximum Gasteiger partial charge on any atom is 0.113 e. The van der Waals surface area contributed by atoms with Gasteiger partial charge in [-0.05, 0) is 189 Å². The van der Waals surface area contributed by atoms with E-state index in [0.717, 1.165) is 22.7 Å². The van der Waals surface area contributed by atoms with E-state index in [1.807, 2.05) is 0 Å². The number of benzene rings is 12. The van der Waals surface area contributed by atoms with E-state index >= 15 is 0 Å². The molecule has 79 heavy (non-hydrogen) atoms. The number of fused-ring (bicyclic) bond motifs is 10. The minimum Gasteiger partial charge on any atom is -0.310 e.